The smallest absolute Gasteiger partial charge is 0.262 e. The molecule has 25 heavy (non-hydrogen) atoms. The van der Waals surface area contributed by atoms with Gasteiger partial charge < -0.3 is 4.74 Å². The maximum absolute atomic E-state index is 12.5. The van der Waals surface area contributed by atoms with Gasteiger partial charge in [-0.3, -0.25) is 9.03 Å². The molecule has 136 valence electrons. The quantitative estimate of drug-likeness (QED) is 0.824. The molecule has 0 saturated heterocycles. The Bertz CT molecular complexity index is 968. The van der Waals surface area contributed by atoms with Crippen molar-refractivity contribution in [1.82, 2.24) is 0 Å². The molecule has 0 radical (unpaired) electrons. The fraction of sp³-hybridized carbons (Fsp3) is 0.250. The van der Waals surface area contributed by atoms with Crippen LogP contribution >= 0.6 is 0 Å². The number of aryl methyl sites for hydroxylation is 1. The van der Waals surface area contributed by atoms with E-state index < -0.39 is 20.0 Å². The number of nitrogens with zero attached hydrogens (tertiary/aromatic N) is 1. The minimum absolute atomic E-state index is 0.144. The predicted molar refractivity (Wildman–Crippen MR) is 98.2 cm³/mol. The summed E-state index contributed by atoms with van der Waals surface area (Å²) in [6, 6.07) is 10.8. The zero-order chi connectivity index (χ0) is 18.8. The number of hydrogen-bond donors (Lipinski definition) is 1. The van der Waals surface area contributed by atoms with Gasteiger partial charge in [0.1, 0.15) is 5.75 Å². The zero-order valence-electron chi connectivity index (χ0n) is 14.3. The van der Waals surface area contributed by atoms with Gasteiger partial charge in [0.25, 0.3) is 10.0 Å². The summed E-state index contributed by atoms with van der Waals surface area (Å²) >= 11 is 0. The lowest BCUT2D eigenvalue weighted by atomic mass is 10.2. The highest BCUT2D eigenvalue weighted by molar-refractivity contribution is 7.92. The van der Waals surface area contributed by atoms with E-state index in [0.29, 0.717) is 22.7 Å². The van der Waals surface area contributed by atoms with Crippen molar-refractivity contribution in [2.75, 3.05) is 29.4 Å². The molecule has 0 aromatic heterocycles. The molecule has 0 heterocycles. The molecule has 0 aliphatic carbocycles. The second-order valence-electron chi connectivity index (χ2n) is 5.51. The first-order chi connectivity index (χ1) is 11.5. The second-order valence-corrected chi connectivity index (χ2v) is 9.18. The largest absolute Gasteiger partial charge is 0.497 e. The summed E-state index contributed by atoms with van der Waals surface area (Å²) in [5.41, 5.74) is 1.33. The van der Waals surface area contributed by atoms with Crippen LogP contribution in [0.25, 0.3) is 0 Å². The Morgan fingerprint density at radius 1 is 1.00 bits per heavy atom. The SMILES string of the molecule is COc1ccc(S(=O)(=O)Nc2ccc(N(C)S(C)(=O)=O)cc2)c(C)c1. The van der Waals surface area contributed by atoms with Gasteiger partial charge in [-0.1, -0.05) is 0 Å². The average Bonchev–Trinajstić information content (AvgIpc) is 2.53. The van der Waals surface area contributed by atoms with Gasteiger partial charge in [-0.25, -0.2) is 16.8 Å². The van der Waals surface area contributed by atoms with E-state index in [9.17, 15) is 16.8 Å². The number of sulfonamides is 2. The first-order valence-corrected chi connectivity index (χ1v) is 10.6. The molecule has 0 unspecified atom stereocenters. The average molecular weight is 384 g/mol. The normalized spacial score (nSPS) is 11.8. The van der Waals surface area contributed by atoms with Gasteiger partial charge in [0.2, 0.25) is 10.0 Å². The number of rotatable bonds is 6. The molecule has 0 spiro atoms. The van der Waals surface area contributed by atoms with E-state index in [4.69, 9.17) is 4.74 Å². The van der Waals surface area contributed by atoms with Crippen molar-refractivity contribution in [3.8, 4) is 5.75 Å². The second kappa shape index (κ2) is 6.93. The topological polar surface area (TPSA) is 92.8 Å². The van der Waals surface area contributed by atoms with E-state index in [2.05, 4.69) is 4.72 Å². The van der Waals surface area contributed by atoms with E-state index in [1.54, 1.807) is 19.1 Å². The van der Waals surface area contributed by atoms with Crippen LogP contribution in [0, 0.1) is 6.92 Å². The number of methoxy groups -OCH3 is 1. The molecule has 0 atom stereocenters. The molecule has 2 rings (SSSR count). The third-order valence-electron chi connectivity index (χ3n) is 3.65. The Kier molecular flexibility index (Phi) is 5.28. The lowest BCUT2D eigenvalue weighted by Gasteiger charge is -2.17. The van der Waals surface area contributed by atoms with Crippen molar-refractivity contribution in [2.24, 2.45) is 0 Å². The number of benzene rings is 2. The van der Waals surface area contributed by atoms with Gasteiger partial charge in [0.15, 0.2) is 0 Å². The highest BCUT2D eigenvalue weighted by atomic mass is 32.2. The highest BCUT2D eigenvalue weighted by Gasteiger charge is 2.18. The first kappa shape index (κ1) is 19.1. The summed E-state index contributed by atoms with van der Waals surface area (Å²) in [4.78, 5) is 0.144. The molecule has 9 heteroatoms. The molecule has 0 bridgehead atoms. The van der Waals surface area contributed by atoms with Crippen LogP contribution in [0.2, 0.25) is 0 Å². The van der Waals surface area contributed by atoms with E-state index in [1.807, 2.05) is 0 Å². The zero-order valence-corrected chi connectivity index (χ0v) is 16.0. The molecule has 2 aromatic rings. The molecule has 0 aliphatic heterocycles. The molecule has 0 aliphatic rings. The van der Waals surface area contributed by atoms with Crippen molar-refractivity contribution in [3.05, 3.63) is 48.0 Å². The summed E-state index contributed by atoms with van der Waals surface area (Å²) in [7, 11) is -4.21. The summed E-state index contributed by atoms with van der Waals surface area (Å²) in [6.45, 7) is 1.68. The molecule has 7 nitrogen and oxygen atoms in total. The molecular formula is C16H20N2O5S2. The fourth-order valence-corrected chi connectivity index (χ4v) is 3.98. The standard InChI is InChI=1S/C16H20N2O5S2/c1-12-11-15(23-3)9-10-16(12)25(21,22)17-13-5-7-14(8-6-13)18(2)24(4,19)20/h5-11,17H,1-4H3. The van der Waals surface area contributed by atoms with Crippen LogP contribution in [0.5, 0.6) is 5.75 Å². The van der Waals surface area contributed by atoms with Crippen molar-refractivity contribution in [1.29, 1.82) is 0 Å². The molecule has 1 N–H and O–H groups in total. The lowest BCUT2D eigenvalue weighted by Crippen LogP contribution is -2.24. The Hall–Kier alpha value is -2.26. The fourth-order valence-electron chi connectivity index (χ4n) is 2.19. The van der Waals surface area contributed by atoms with Crippen LogP contribution in [0.4, 0.5) is 11.4 Å². The monoisotopic (exact) mass is 384 g/mol. The van der Waals surface area contributed by atoms with Crippen molar-refractivity contribution in [2.45, 2.75) is 11.8 Å². The highest BCUT2D eigenvalue weighted by Crippen LogP contribution is 2.25. The first-order valence-electron chi connectivity index (χ1n) is 7.26. The summed E-state index contributed by atoms with van der Waals surface area (Å²) in [5, 5.41) is 0. The van der Waals surface area contributed by atoms with E-state index in [-0.39, 0.29) is 4.90 Å². The van der Waals surface area contributed by atoms with Crippen molar-refractivity contribution >= 4 is 31.4 Å². The molecule has 2 aromatic carbocycles. The van der Waals surface area contributed by atoms with Crippen molar-refractivity contribution < 1.29 is 21.6 Å². The van der Waals surface area contributed by atoms with Crippen LogP contribution in [0.3, 0.4) is 0 Å². The van der Waals surface area contributed by atoms with Crippen LogP contribution in [-0.4, -0.2) is 37.2 Å². The Labute approximate surface area is 148 Å². The number of nitrogens with one attached hydrogen (secondary N) is 1. The Morgan fingerprint density at radius 3 is 2.08 bits per heavy atom. The van der Waals surface area contributed by atoms with Gasteiger partial charge in [-0.15, -0.1) is 0 Å². The van der Waals surface area contributed by atoms with E-state index in [0.717, 1.165) is 10.6 Å². The minimum Gasteiger partial charge on any atom is -0.497 e. The lowest BCUT2D eigenvalue weighted by molar-refractivity contribution is 0.414. The van der Waals surface area contributed by atoms with Gasteiger partial charge in [-0.05, 0) is 55.0 Å². The van der Waals surface area contributed by atoms with Crippen LogP contribution < -0.4 is 13.8 Å². The summed E-state index contributed by atoms with van der Waals surface area (Å²) < 4.78 is 56.8. The van der Waals surface area contributed by atoms with Gasteiger partial charge >= 0.3 is 0 Å². The van der Waals surface area contributed by atoms with E-state index in [1.165, 1.54) is 44.5 Å². The van der Waals surface area contributed by atoms with Gasteiger partial charge in [-0.2, -0.15) is 0 Å². The molecule has 0 amide bonds. The van der Waals surface area contributed by atoms with Crippen LogP contribution in [0.15, 0.2) is 47.4 Å². The van der Waals surface area contributed by atoms with Gasteiger partial charge in [0, 0.05) is 12.7 Å². The summed E-state index contributed by atoms with van der Waals surface area (Å²) in [6.07, 6.45) is 1.09. The minimum atomic E-state index is -3.77. The van der Waals surface area contributed by atoms with Crippen molar-refractivity contribution in [3.63, 3.8) is 0 Å². The molecular weight excluding hydrogens is 364 g/mol. The predicted octanol–water partition coefficient (Wildman–Crippen LogP) is 2.20. The number of ether oxygens (including phenoxy) is 1. The maximum Gasteiger partial charge on any atom is 0.262 e. The third-order valence-corrected chi connectivity index (χ3v) is 6.40. The number of hydrogen-bond acceptors (Lipinski definition) is 5. The Balaban J connectivity index is 2.27. The molecule has 0 fully saturated rings. The van der Waals surface area contributed by atoms with Crippen LogP contribution in [0.1, 0.15) is 5.56 Å². The molecule has 0 saturated carbocycles. The maximum atomic E-state index is 12.5. The number of anilines is 2. The van der Waals surface area contributed by atoms with Crippen LogP contribution in [-0.2, 0) is 20.0 Å². The van der Waals surface area contributed by atoms with Gasteiger partial charge in [0.05, 0.1) is 23.9 Å². The Morgan fingerprint density at radius 2 is 1.60 bits per heavy atom. The third kappa shape index (κ3) is 4.43. The summed E-state index contributed by atoms with van der Waals surface area (Å²) in [5.74, 6) is 0.574. The van der Waals surface area contributed by atoms with E-state index >= 15 is 0 Å².